The van der Waals surface area contributed by atoms with Crippen LogP contribution in [0.3, 0.4) is 0 Å². The molecule has 0 fully saturated rings. The van der Waals surface area contributed by atoms with Crippen molar-refractivity contribution in [2.45, 2.75) is 33.2 Å². The normalized spacial score (nSPS) is 13.1. The summed E-state index contributed by atoms with van der Waals surface area (Å²) in [5, 5.41) is 3.43. The molecule has 0 saturated heterocycles. The molecule has 0 aliphatic rings. The summed E-state index contributed by atoms with van der Waals surface area (Å²) in [5.74, 6) is 0. The van der Waals surface area contributed by atoms with Crippen molar-refractivity contribution in [1.82, 2.24) is 10.2 Å². The average molecular weight is 234 g/mol. The van der Waals surface area contributed by atoms with E-state index in [2.05, 4.69) is 56.2 Å². The van der Waals surface area contributed by atoms with Gasteiger partial charge in [-0.1, -0.05) is 30.7 Å². The van der Waals surface area contributed by atoms with Crippen molar-refractivity contribution >= 4 is 0 Å². The Morgan fingerprint density at radius 3 is 2.59 bits per heavy atom. The average Bonchev–Trinajstić information content (AvgIpc) is 2.30. The molecule has 0 bridgehead atoms. The van der Waals surface area contributed by atoms with Crippen LogP contribution in [-0.4, -0.2) is 32.1 Å². The summed E-state index contributed by atoms with van der Waals surface area (Å²) in [7, 11) is 4.24. The molecular weight excluding hydrogens is 208 g/mol. The van der Waals surface area contributed by atoms with Crippen LogP contribution in [0.5, 0.6) is 0 Å². The first-order valence-corrected chi connectivity index (χ1v) is 6.51. The molecule has 0 aliphatic heterocycles. The Bertz CT molecular complexity index is 347. The van der Waals surface area contributed by atoms with Gasteiger partial charge in [-0.05, 0) is 52.0 Å². The fourth-order valence-corrected chi connectivity index (χ4v) is 2.27. The van der Waals surface area contributed by atoms with Gasteiger partial charge in [-0.25, -0.2) is 0 Å². The second-order valence-corrected chi connectivity index (χ2v) is 4.96. The lowest BCUT2D eigenvalue weighted by atomic mass is 9.98. The minimum atomic E-state index is 0.423. The van der Waals surface area contributed by atoms with Crippen molar-refractivity contribution in [3.05, 3.63) is 34.9 Å². The van der Waals surface area contributed by atoms with E-state index in [1.165, 1.54) is 23.1 Å². The van der Waals surface area contributed by atoms with E-state index in [-0.39, 0.29) is 0 Å². The molecule has 1 rings (SSSR count). The largest absolute Gasteiger partial charge is 0.312 e. The van der Waals surface area contributed by atoms with Crippen molar-refractivity contribution in [3.63, 3.8) is 0 Å². The second-order valence-electron chi connectivity index (χ2n) is 4.96. The van der Waals surface area contributed by atoms with Gasteiger partial charge in [-0.15, -0.1) is 0 Å². The molecule has 0 radical (unpaired) electrons. The predicted octanol–water partition coefficient (Wildman–Crippen LogP) is 2.91. The Balaban J connectivity index is 2.82. The lowest BCUT2D eigenvalue weighted by molar-refractivity contribution is 0.297. The zero-order valence-electron chi connectivity index (χ0n) is 11.9. The number of hydrogen-bond acceptors (Lipinski definition) is 2. The third kappa shape index (κ3) is 4.14. The molecule has 1 atom stereocenters. The number of nitrogens with zero attached hydrogens (tertiary/aromatic N) is 1. The van der Waals surface area contributed by atoms with Gasteiger partial charge < -0.3 is 10.2 Å². The predicted molar refractivity (Wildman–Crippen MR) is 75.5 cm³/mol. The highest BCUT2D eigenvalue weighted by molar-refractivity contribution is 5.33. The second kappa shape index (κ2) is 6.77. The molecule has 0 saturated carbocycles. The van der Waals surface area contributed by atoms with E-state index in [1.54, 1.807) is 0 Å². The summed E-state index contributed by atoms with van der Waals surface area (Å²) in [6, 6.07) is 7.12. The first-order valence-electron chi connectivity index (χ1n) is 6.51. The molecule has 1 aromatic rings. The maximum absolute atomic E-state index is 3.43. The number of rotatable bonds is 6. The topological polar surface area (TPSA) is 15.3 Å². The van der Waals surface area contributed by atoms with Crippen molar-refractivity contribution in [3.8, 4) is 0 Å². The van der Waals surface area contributed by atoms with E-state index in [0.29, 0.717) is 6.04 Å². The number of benzene rings is 1. The molecule has 17 heavy (non-hydrogen) atoms. The van der Waals surface area contributed by atoms with Crippen LogP contribution in [0.15, 0.2) is 18.2 Å². The summed E-state index contributed by atoms with van der Waals surface area (Å²) in [6.07, 6.45) is 1.21. The van der Waals surface area contributed by atoms with Gasteiger partial charge in [0.1, 0.15) is 0 Å². The molecule has 2 heteroatoms. The highest BCUT2D eigenvalue weighted by Crippen LogP contribution is 2.19. The quantitative estimate of drug-likeness (QED) is 0.814. The lowest BCUT2D eigenvalue weighted by Crippen LogP contribution is -2.32. The maximum atomic E-state index is 3.43. The van der Waals surface area contributed by atoms with Crippen LogP contribution in [0.1, 0.15) is 36.1 Å². The van der Waals surface area contributed by atoms with Gasteiger partial charge in [0.2, 0.25) is 0 Å². The van der Waals surface area contributed by atoms with Crippen LogP contribution in [-0.2, 0) is 0 Å². The molecule has 2 nitrogen and oxygen atoms in total. The molecule has 96 valence electrons. The highest BCUT2D eigenvalue weighted by atomic mass is 15.1. The van der Waals surface area contributed by atoms with Crippen molar-refractivity contribution in [2.75, 3.05) is 27.2 Å². The van der Waals surface area contributed by atoms with Gasteiger partial charge in [0.05, 0.1) is 0 Å². The Labute approximate surface area is 106 Å². The lowest BCUT2D eigenvalue weighted by Gasteiger charge is -2.25. The van der Waals surface area contributed by atoms with Gasteiger partial charge in [0, 0.05) is 12.6 Å². The minimum absolute atomic E-state index is 0.423. The molecular formula is C15H26N2. The monoisotopic (exact) mass is 234 g/mol. The van der Waals surface area contributed by atoms with Crippen molar-refractivity contribution in [2.24, 2.45) is 0 Å². The molecule has 1 aromatic carbocycles. The summed E-state index contributed by atoms with van der Waals surface area (Å²) >= 11 is 0. The van der Waals surface area contributed by atoms with Gasteiger partial charge >= 0.3 is 0 Å². The zero-order chi connectivity index (χ0) is 12.8. The summed E-state index contributed by atoms with van der Waals surface area (Å²) in [6.45, 7) is 8.80. The number of hydrogen-bond donors (Lipinski definition) is 1. The molecule has 0 amide bonds. The maximum Gasteiger partial charge on any atom is 0.0449 e. The molecule has 0 heterocycles. The SMILES string of the molecule is CCCN(C)CC(NC)c1cc(C)ccc1C. The smallest absolute Gasteiger partial charge is 0.0449 e. The number of likely N-dealkylation sites (N-methyl/N-ethyl adjacent to an activating group) is 2. The van der Waals surface area contributed by atoms with Crippen LogP contribution in [0.4, 0.5) is 0 Å². The first kappa shape index (κ1) is 14.2. The van der Waals surface area contributed by atoms with E-state index in [0.717, 1.165) is 13.1 Å². The Morgan fingerprint density at radius 1 is 1.29 bits per heavy atom. The summed E-state index contributed by atoms with van der Waals surface area (Å²) in [4.78, 5) is 2.39. The van der Waals surface area contributed by atoms with Gasteiger partial charge in [0.15, 0.2) is 0 Å². The van der Waals surface area contributed by atoms with Crippen LogP contribution in [0.25, 0.3) is 0 Å². The van der Waals surface area contributed by atoms with E-state index in [9.17, 15) is 0 Å². The van der Waals surface area contributed by atoms with Gasteiger partial charge in [0.25, 0.3) is 0 Å². The third-order valence-corrected chi connectivity index (χ3v) is 3.26. The summed E-state index contributed by atoms with van der Waals surface area (Å²) < 4.78 is 0. The van der Waals surface area contributed by atoms with Gasteiger partial charge in [-0.3, -0.25) is 0 Å². The van der Waals surface area contributed by atoms with E-state index >= 15 is 0 Å². The fraction of sp³-hybridized carbons (Fsp3) is 0.600. The molecule has 0 spiro atoms. The Kier molecular flexibility index (Phi) is 5.66. The summed E-state index contributed by atoms with van der Waals surface area (Å²) in [5.41, 5.74) is 4.14. The van der Waals surface area contributed by atoms with E-state index < -0.39 is 0 Å². The van der Waals surface area contributed by atoms with Crippen molar-refractivity contribution in [1.29, 1.82) is 0 Å². The van der Waals surface area contributed by atoms with Crippen LogP contribution in [0, 0.1) is 13.8 Å². The Morgan fingerprint density at radius 2 is 2.00 bits per heavy atom. The minimum Gasteiger partial charge on any atom is -0.312 e. The van der Waals surface area contributed by atoms with Crippen LogP contribution < -0.4 is 5.32 Å². The first-order chi connectivity index (χ1) is 8.08. The number of nitrogens with one attached hydrogen (secondary N) is 1. The third-order valence-electron chi connectivity index (χ3n) is 3.26. The Hall–Kier alpha value is -0.860. The number of aryl methyl sites for hydroxylation is 2. The molecule has 0 aromatic heterocycles. The van der Waals surface area contributed by atoms with E-state index in [1.807, 2.05) is 7.05 Å². The highest BCUT2D eigenvalue weighted by Gasteiger charge is 2.13. The van der Waals surface area contributed by atoms with Gasteiger partial charge in [-0.2, -0.15) is 0 Å². The molecule has 0 aliphatic carbocycles. The van der Waals surface area contributed by atoms with E-state index in [4.69, 9.17) is 0 Å². The molecule has 1 unspecified atom stereocenters. The molecule has 1 N–H and O–H groups in total. The zero-order valence-corrected chi connectivity index (χ0v) is 11.9. The fourth-order valence-electron chi connectivity index (χ4n) is 2.27. The standard InChI is InChI=1S/C15H26N2/c1-6-9-17(5)11-15(16-4)14-10-12(2)7-8-13(14)3/h7-8,10,15-16H,6,9,11H2,1-5H3. The van der Waals surface area contributed by atoms with Crippen molar-refractivity contribution < 1.29 is 0 Å². The van der Waals surface area contributed by atoms with Crippen LogP contribution >= 0.6 is 0 Å². The van der Waals surface area contributed by atoms with Crippen LogP contribution in [0.2, 0.25) is 0 Å².